The van der Waals surface area contributed by atoms with Crippen molar-refractivity contribution in [2.75, 3.05) is 49.2 Å². The predicted octanol–water partition coefficient (Wildman–Crippen LogP) is 5.58. The summed E-state index contributed by atoms with van der Waals surface area (Å²) >= 11 is 12.7. The molecule has 2 saturated heterocycles. The van der Waals surface area contributed by atoms with Gasteiger partial charge in [-0.05, 0) is 74.0 Å². The molecular weight excluding hydrogens is 667 g/mol. The predicted molar refractivity (Wildman–Crippen MR) is 188 cm³/mol. The van der Waals surface area contributed by atoms with Crippen LogP contribution in [0.4, 0.5) is 11.4 Å². The molecule has 3 atom stereocenters. The Kier molecular flexibility index (Phi) is 9.64. The lowest BCUT2D eigenvalue weighted by molar-refractivity contribution is -0.190. The van der Waals surface area contributed by atoms with Crippen LogP contribution in [0.25, 0.3) is 5.69 Å². The normalized spacial score (nSPS) is 20.1. The first kappa shape index (κ1) is 33.2. The highest BCUT2D eigenvalue weighted by atomic mass is 35.5. The van der Waals surface area contributed by atoms with Gasteiger partial charge in [0.15, 0.2) is 0 Å². The van der Waals surface area contributed by atoms with E-state index in [4.69, 9.17) is 37.4 Å². The summed E-state index contributed by atoms with van der Waals surface area (Å²) in [4.78, 5) is 21.6. The molecule has 2 aliphatic heterocycles. The van der Waals surface area contributed by atoms with Crippen LogP contribution in [0.1, 0.15) is 31.9 Å². The van der Waals surface area contributed by atoms with E-state index in [-0.39, 0.29) is 24.4 Å². The first-order valence-corrected chi connectivity index (χ1v) is 17.2. The monoisotopic (exact) mass is 704 g/mol. The molecule has 2 fully saturated rings. The number of aromatic nitrogens is 6. The maximum absolute atomic E-state index is 12.8. The Hall–Kier alpha value is -4.36. The van der Waals surface area contributed by atoms with E-state index in [0.717, 1.165) is 55.4 Å². The smallest absolute Gasteiger partial charge is 0.350 e. The summed E-state index contributed by atoms with van der Waals surface area (Å²) in [6.07, 6.45) is 5.23. The summed E-state index contributed by atoms with van der Waals surface area (Å²) < 4.78 is 23.7. The fraction of sp³-hybridized carbons (Fsp3) is 0.371. The van der Waals surface area contributed by atoms with Crippen molar-refractivity contribution in [3.8, 4) is 11.4 Å². The first-order chi connectivity index (χ1) is 23.8. The quantitative estimate of drug-likeness (QED) is 0.174. The van der Waals surface area contributed by atoms with Gasteiger partial charge in [-0.25, -0.2) is 14.5 Å². The molecule has 0 N–H and O–H groups in total. The van der Waals surface area contributed by atoms with Crippen LogP contribution in [0.5, 0.6) is 5.75 Å². The van der Waals surface area contributed by atoms with Gasteiger partial charge in [-0.15, -0.1) is 0 Å². The van der Waals surface area contributed by atoms with E-state index in [1.54, 1.807) is 34.0 Å². The largest absolute Gasteiger partial charge is 0.491 e. The molecule has 0 bridgehead atoms. The average molecular weight is 706 g/mol. The highest BCUT2D eigenvalue weighted by Crippen LogP contribution is 2.40. The number of benzene rings is 3. The van der Waals surface area contributed by atoms with Crippen molar-refractivity contribution < 1.29 is 14.2 Å². The molecule has 2 aliphatic rings. The Morgan fingerprint density at radius 3 is 2.22 bits per heavy atom. The number of nitrogens with zero attached hydrogens (tertiary/aromatic N) is 8. The number of piperazine rings is 1. The topological polar surface area (TPSA) is 105 Å². The van der Waals surface area contributed by atoms with E-state index in [1.807, 2.05) is 37.3 Å². The molecule has 256 valence electrons. The first-order valence-electron chi connectivity index (χ1n) is 16.4. The summed E-state index contributed by atoms with van der Waals surface area (Å²) in [5.74, 6) is -0.411. The molecule has 0 aliphatic carbocycles. The molecule has 0 amide bonds. The van der Waals surface area contributed by atoms with Crippen molar-refractivity contribution in [2.45, 2.75) is 44.7 Å². The zero-order chi connectivity index (χ0) is 34.0. The number of hydrogen-bond donors (Lipinski definition) is 0. The van der Waals surface area contributed by atoms with Gasteiger partial charge in [-0.2, -0.15) is 14.9 Å². The fourth-order valence-electron chi connectivity index (χ4n) is 6.24. The molecule has 4 heterocycles. The molecule has 0 spiro atoms. The Morgan fingerprint density at radius 2 is 1.59 bits per heavy atom. The molecule has 2 aromatic heterocycles. The van der Waals surface area contributed by atoms with Crippen molar-refractivity contribution >= 4 is 34.6 Å². The second kappa shape index (κ2) is 14.2. The molecule has 1 unspecified atom stereocenters. The lowest BCUT2D eigenvalue weighted by Crippen LogP contribution is -2.46. The van der Waals surface area contributed by atoms with Crippen molar-refractivity contribution in [3.05, 3.63) is 112 Å². The highest BCUT2D eigenvalue weighted by Gasteiger charge is 2.45. The third kappa shape index (κ3) is 7.04. The Labute approximate surface area is 294 Å². The van der Waals surface area contributed by atoms with Crippen molar-refractivity contribution in [2.24, 2.45) is 0 Å². The van der Waals surface area contributed by atoms with E-state index < -0.39 is 5.79 Å². The standard InChI is InChI=1S/C35H38Cl2N8O4/c1-3-25(2)44-24-40-45(34(44)46)29-7-5-27(6-8-29)41-14-16-42(17-15-41)28-9-11-30(12-10-28)47-19-31-20-48-35(49-31,21-43-23-38-22-39-43)32-13-4-26(36)18-33(32)37/h4-13,18,22-25,31H,3,14-17,19-21H2,1-2H3/t25?,31-,35-/m1/s1. The van der Waals surface area contributed by atoms with Gasteiger partial charge >= 0.3 is 5.69 Å². The van der Waals surface area contributed by atoms with Gasteiger partial charge in [0.05, 0.1) is 17.3 Å². The zero-order valence-corrected chi connectivity index (χ0v) is 28.9. The maximum atomic E-state index is 12.8. The summed E-state index contributed by atoms with van der Waals surface area (Å²) in [5, 5.41) is 9.53. The van der Waals surface area contributed by atoms with Crippen LogP contribution in [0, 0.1) is 0 Å². The van der Waals surface area contributed by atoms with Gasteiger partial charge in [-0.3, -0.25) is 4.57 Å². The van der Waals surface area contributed by atoms with Crippen LogP contribution in [0.3, 0.4) is 0 Å². The summed E-state index contributed by atoms with van der Waals surface area (Å²) in [7, 11) is 0. The molecular formula is C35H38Cl2N8O4. The number of rotatable bonds is 11. The molecule has 7 rings (SSSR count). The molecule has 0 radical (unpaired) electrons. The minimum absolute atomic E-state index is 0.113. The van der Waals surface area contributed by atoms with E-state index in [0.29, 0.717) is 28.8 Å². The Bertz CT molecular complexity index is 1910. The second-order valence-electron chi connectivity index (χ2n) is 12.3. The number of halogens is 2. The van der Waals surface area contributed by atoms with Crippen LogP contribution < -0.4 is 20.2 Å². The summed E-state index contributed by atoms with van der Waals surface area (Å²) in [6.45, 7) is 8.50. The lowest BCUT2D eigenvalue weighted by atomic mass is 10.1. The van der Waals surface area contributed by atoms with E-state index in [2.05, 4.69) is 56.2 Å². The van der Waals surface area contributed by atoms with Crippen molar-refractivity contribution in [1.29, 1.82) is 0 Å². The fourth-order valence-corrected chi connectivity index (χ4v) is 6.80. The van der Waals surface area contributed by atoms with Gasteiger partial charge in [0.1, 0.15) is 44.0 Å². The maximum Gasteiger partial charge on any atom is 0.350 e. The van der Waals surface area contributed by atoms with Gasteiger partial charge in [0.25, 0.3) is 0 Å². The summed E-state index contributed by atoms with van der Waals surface area (Å²) in [6, 6.07) is 21.6. The Morgan fingerprint density at radius 1 is 0.918 bits per heavy atom. The molecule has 12 nitrogen and oxygen atoms in total. The molecule has 49 heavy (non-hydrogen) atoms. The molecule has 0 saturated carbocycles. The van der Waals surface area contributed by atoms with Gasteiger partial charge < -0.3 is 24.0 Å². The number of hydrogen-bond acceptors (Lipinski definition) is 9. The van der Waals surface area contributed by atoms with Gasteiger partial charge in [-0.1, -0.05) is 36.2 Å². The van der Waals surface area contributed by atoms with Crippen LogP contribution >= 0.6 is 23.2 Å². The van der Waals surface area contributed by atoms with Crippen LogP contribution in [0.15, 0.2) is 90.5 Å². The Balaban J connectivity index is 0.925. The average Bonchev–Trinajstić information content (AvgIpc) is 3.88. The van der Waals surface area contributed by atoms with E-state index >= 15 is 0 Å². The van der Waals surface area contributed by atoms with Crippen molar-refractivity contribution in [3.63, 3.8) is 0 Å². The van der Waals surface area contributed by atoms with Crippen LogP contribution in [-0.2, 0) is 21.8 Å². The SMILES string of the molecule is CCC(C)n1cnn(-c2ccc(N3CCN(c4ccc(OC[C@@H]5CO[C@@](Cn6cncn6)(c6ccc(Cl)cc6Cl)O5)cc4)CC3)cc2)c1=O. The van der Waals surface area contributed by atoms with Crippen LogP contribution in [0.2, 0.25) is 10.0 Å². The molecule has 14 heteroatoms. The highest BCUT2D eigenvalue weighted by molar-refractivity contribution is 6.35. The zero-order valence-electron chi connectivity index (χ0n) is 27.4. The minimum atomic E-state index is -1.16. The molecule has 3 aromatic carbocycles. The van der Waals surface area contributed by atoms with Gasteiger partial charge in [0.2, 0.25) is 5.79 Å². The third-order valence-electron chi connectivity index (χ3n) is 9.17. The molecule has 5 aromatic rings. The second-order valence-corrected chi connectivity index (χ2v) is 13.1. The van der Waals surface area contributed by atoms with E-state index in [1.165, 1.54) is 11.0 Å². The number of anilines is 2. The van der Waals surface area contributed by atoms with Gasteiger partial charge in [0, 0.05) is 54.2 Å². The lowest BCUT2D eigenvalue weighted by Gasteiger charge is -2.37. The summed E-state index contributed by atoms with van der Waals surface area (Å²) in [5.41, 5.74) is 3.58. The third-order valence-corrected chi connectivity index (χ3v) is 9.72. The van der Waals surface area contributed by atoms with E-state index in [9.17, 15) is 4.79 Å². The van der Waals surface area contributed by atoms with Crippen LogP contribution in [-0.4, -0.2) is 74.6 Å². The van der Waals surface area contributed by atoms with Crippen molar-refractivity contribution in [1.82, 2.24) is 29.1 Å². The minimum Gasteiger partial charge on any atom is -0.491 e. The number of ether oxygens (including phenoxy) is 3.